The predicted octanol–water partition coefficient (Wildman–Crippen LogP) is 4.72. The summed E-state index contributed by atoms with van der Waals surface area (Å²) in [6.07, 6.45) is 4.21. The second kappa shape index (κ2) is 8.79. The van der Waals surface area contributed by atoms with Gasteiger partial charge in [0.1, 0.15) is 5.75 Å². The van der Waals surface area contributed by atoms with Gasteiger partial charge in [-0.15, -0.1) is 0 Å². The second-order valence-corrected chi connectivity index (χ2v) is 5.08. The number of esters is 1. The van der Waals surface area contributed by atoms with Crippen molar-refractivity contribution >= 4 is 12.0 Å². The fourth-order valence-electron chi connectivity index (χ4n) is 2.14. The minimum atomic E-state index is -0.324. The molecule has 0 aromatic heterocycles. The Morgan fingerprint density at radius 3 is 2.52 bits per heavy atom. The van der Waals surface area contributed by atoms with Gasteiger partial charge in [0.15, 0.2) is 0 Å². The molecule has 0 N–H and O–H groups in total. The lowest BCUT2D eigenvalue weighted by Gasteiger charge is -2.07. The molecule has 0 unspecified atom stereocenters. The van der Waals surface area contributed by atoms with E-state index in [0.29, 0.717) is 6.61 Å². The van der Waals surface area contributed by atoms with E-state index in [-0.39, 0.29) is 5.97 Å². The molecule has 0 atom stereocenters. The van der Waals surface area contributed by atoms with Crippen LogP contribution in [-0.2, 0) is 9.53 Å². The minimum absolute atomic E-state index is 0.324. The maximum absolute atomic E-state index is 11.4. The smallest absolute Gasteiger partial charge is 0.330 e. The van der Waals surface area contributed by atoms with Crippen molar-refractivity contribution in [2.75, 3.05) is 13.2 Å². The zero-order valence-electron chi connectivity index (χ0n) is 13.6. The number of benzene rings is 2. The average Bonchev–Trinajstić information content (AvgIpc) is 2.59. The standard InChI is InChI=1S/C20H22O3/c1-3-14-23-19-11-9-17(10-12-19)18-7-5-6-16(15-18)8-13-20(21)22-4-2/h5-13,15H,3-4,14H2,1-2H3/b13-8+. The lowest BCUT2D eigenvalue weighted by atomic mass is 10.0. The zero-order valence-corrected chi connectivity index (χ0v) is 13.6. The monoisotopic (exact) mass is 310 g/mol. The molecule has 2 rings (SSSR count). The van der Waals surface area contributed by atoms with E-state index in [1.54, 1.807) is 13.0 Å². The molecule has 0 bridgehead atoms. The van der Waals surface area contributed by atoms with Crippen LogP contribution in [0.1, 0.15) is 25.8 Å². The number of carbonyl (C=O) groups is 1. The highest BCUT2D eigenvalue weighted by atomic mass is 16.5. The molecule has 0 spiro atoms. The summed E-state index contributed by atoms with van der Waals surface area (Å²) in [5.74, 6) is 0.560. The largest absolute Gasteiger partial charge is 0.494 e. The molecule has 0 radical (unpaired) electrons. The third-order valence-corrected chi connectivity index (χ3v) is 3.25. The topological polar surface area (TPSA) is 35.5 Å². The number of carbonyl (C=O) groups excluding carboxylic acids is 1. The average molecular weight is 310 g/mol. The van der Waals surface area contributed by atoms with Crippen LogP contribution in [0.3, 0.4) is 0 Å². The summed E-state index contributed by atoms with van der Waals surface area (Å²) in [6, 6.07) is 16.1. The Kier molecular flexibility index (Phi) is 6.42. The summed E-state index contributed by atoms with van der Waals surface area (Å²) in [5, 5.41) is 0. The summed E-state index contributed by atoms with van der Waals surface area (Å²) in [5.41, 5.74) is 3.17. The van der Waals surface area contributed by atoms with Crippen LogP contribution in [0.2, 0.25) is 0 Å². The Morgan fingerprint density at radius 1 is 1.04 bits per heavy atom. The molecule has 0 saturated heterocycles. The number of ether oxygens (including phenoxy) is 2. The Morgan fingerprint density at radius 2 is 1.83 bits per heavy atom. The van der Waals surface area contributed by atoms with E-state index >= 15 is 0 Å². The van der Waals surface area contributed by atoms with Gasteiger partial charge in [0.05, 0.1) is 13.2 Å². The van der Waals surface area contributed by atoms with E-state index in [4.69, 9.17) is 9.47 Å². The van der Waals surface area contributed by atoms with Crippen molar-refractivity contribution in [3.8, 4) is 16.9 Å². The summed E-state index contributed by atoms with van der Waals surface area (Å²) in [6.45, 7) is 4.99. The van der Waals surface area contributed by atoms with E-state index in [1.165, 1.54) is 6.08 Å². The minimum Gasteiger partial charge on any atom is -0.494 e. The van der Waals surface area contributed by atoms with Crippen LogP contribution in [0.5, 0.6) is 5.75 Å². The van der Waals surface area contributed by atoms with Crippen molar-refractivity contribution in [3.05, 3.63) is 60.2 Å². The second-order valence-electron chi connectivity index (χ2n) is 5.08. The van der Waals surface area contributed by atoms with E-state index < -0.39 is 0 Å². The zero-order chi connectivity index (χ0) is 16.5. The van der Waals surface area contributed by atoms with Gasteiger partial charge in [-0.2, -0.15) is 0 Å². The molecule has 0 amide bonds. The summed E-state index contributed by atoms with van der Waals surface area (Å²) >= 11 is 0. The first kappa shape index (κ1) is 16.8. The molecule has 0 aliphatic heterocycles. The molecule has 0 heterocycles. The Hall–Kier alpha value is -2.55. The van der Waals surface area contributed by atoms with Gasteiger partial charge >= 0.3 is 5.97 Å². The SMILES string of the molecule is CCCOc1ccc(-c2cccc(/C=C/C(=O)OCC)c2)cc1. The highest BCUT2D eigenvalue weighted by Gasteiger charge is 2.00. The highest BCUT2D eigenvalue weighted by molar-refractivity contribution is 5.87. The van der Waals surface area contributed by atoms with Crippen molar-refractivity contribution < 1.29 is 14.3 Å². The van der Waals surface area contributed by atoms with Crippen molar-refractivity contribution in [3.63, 3.8) is 0 Å². The first-order valence-electron chi connectivity index (χ1n) is 7.91. The first-order chi connectivity index (χ1) is 11.2. The van der Waals surface area contributed by atoms with Gasteiger partial charge in [-0.05, 0) is 54.3 Å². The van der Waals surface area contributed by atoms with E-state index in [9.17, 15) is 4.79 Å². The molecule has 2 aromatic rings. The quantitative estimate of drug-likeness (QED) is 0.548. The molecular formula is C20H22O3. The molecule has 0 saturated carbocycles. The van der Waals surface area contributed by atoms with Crippen LogP contribution in [0.25, 0.3) is 17.2 Å². The molecule has 3 nitrogen and oxygen atoms in total. The van der Waals surface area contributed by atoms with Crippen molar-refractivity contribution in [2.24, 2.45) is 0 Å². The van der Waals surface area contributed by atoms with Gasteiger partial charge in [-0.25, -0.2) is 4.79 Å². The van der Waals surface area contributed by atoms with Crippen LogP contribution in [0.4, 0.5) is 0 Å². The number of rotatable bonds is 7. The Labute approximate surface area is 137 Å². The molecule has 23 heavy (non-hydrogen) atoms. The molecule has 2 aromatic carbocycles. The predicted molar refractivity (Wildman–Crippen MR) is 93.3 cm³/mol. The lowest BCUT2D eigenvalue weighted by Crippen LogP contribution is -1.98. The fraction of sp³-hybridized carbons (Fsp3) is 0.250. The summed E-state index contributed by atoms with van der Waals surface area (Å²) < 4.78 is 10.5. The summed E-state index contributed by atoms with van der Waals surface area (Å²) in [4.78, 5) is 11.4. The van der Waals surface area contributed by atoms with Gasteiger partial charge in [-0.3, -0.25) is 0 Å². The van der Waals surface area contributed by atoms with E-state index in [2.05, 4.69) is 6.92 Å². The third kappa shape index (κ3) is 5.29. The lowest BCUT2D eigenvalue weighted by molar-refractivity contribution is -0.137. The van der Waals surface area contributed by atoms with Crippen LogP contribution < -0.4 is 4.74 Å². The first-order valence-corrected chi connectivity index (χ1v) is 7.91. The van der Waals surface area contributed by atoms with Crippen molar-refractivity contribution in [2.45, 2.75) is 20.3 Å². The van der Waals surface area contributed by atoms with Crippen LogP contribution in [0.15, 0.2) is 54.6 Å². The van der Waals surface area contributed by atoms with Gasteiger partial charge in [0.25, 0.3) is 0 Å². The number of hydrogen-bond acceptors (Lipinski definition) is 3. The Balaban J connectivity index is 2.11. The van der Waals surface area contributed by atoms with Crippen LogP contribution >= 0.6 is 0 Å². The molecule has 3 heteroatoms. The maximum atomic E-state index is 11.4. The van der Waals surface area contributed by atoms with Gasteiger partial charge < -0.3 is 9.47 Å². The van der Waals surface area contributed by atoms with Crippen LogP contribution in [-0.4, -0.2) is 19.2 Å². The van der Waals surface area contributed by atoms with E-state index in [1.807, 2.05) is 48.5 Å². The molecule has 120 valence electrons. The summed E-state index contributed by atoms with van der Waals surface area (Å²) in [7, 11) is 0. The fourth-order valence-corrected chi connectivity index (χ4v) is 2.14. The highest BCUT2D eigenvalue weighted by Crippen LogP contribution is 2.23. The third-order valence-electron chi connectivity index (χ3n) is 3.25. The van der Waals surface area contributed by atoms with Crippen LogP contribution in [0, 0.1) is 0 Å². The normalized spacial score (nSPS) is 10.7. The van der Waals surface area contributed by atoms with Crippen molar-refractivity contribution in [1.29, 1.82) is 0 Å². The molecule has 0 aliphatic rings. The molecule has 0 aliphatic carbocycles. The molecular weight excluding hydrogens is 288 g/mol. The molecule has 0 fully saturated rings. The van der Waals surface area contributed by atoms with Crippen molar-refractivity contribution in [1.82, 2.24) is 0 Å². The van der Waals surface area contributed by atoms with Gasteiger partial charge in [0.2, 0.25) is 0 Å². The Bertz CT molecular complexity index is 657. The maximum Gasteiger partial charge on any atom is 0.330 e. The number of hydrogen-bond donors (Lipinski definition) is 0. The van der Waals surface area contributed by atoms with E-state index in [0.717, 1.165) is 35.5 Å². The van der Waals surface area contributed by atoms with Gasteiger partial charge in [0, 0.05) is 6.08 Å². The van der Waals surface area contributed by atoms with Gasteiger partial charge in [-0.1, -0.05) is 37.3 Å².